The second-order valence-corrected chi connectivity index (χ2v) is 9.23. The molecule has 1 heterocycles. The van der Waals surface area contributed by atoms with Gasteiger partial charge in [-0.15, -0.1) is 0 Å². The summed E-state index contributed by atoms with van der Waals surface area (Å²) in [6.07, 6.45) is 0.110. The van der Waals surface area contributed by atoms with E-state index < -0.39 is 21.1 Å². The molecule has 1 unspecified atom stereocenters. The van der Waals surface area contributed by atoms with Gasteiger partial charge in [0.1, 0.15) is 5.75 Å². The molecule has 1 atom stereocenters. The summed E-state index contributed by atoms with van der Waals surface area (Å²) in [7, 11) is -3.94. The number of para-hydroxylation sites is 1. The van der Waals surface area contributed by atoms with Crippen molar-refractivity contribution in [2.24, 2.45) is 0 Å². The lowest BCUT2D eigenvalue weighted by Crippen LogP contribution is -2.39. The SMILES string of the molecule is Cc1cccc(-c2ccc(C)cc2S(=O)(=O)C2Cc3ccccc3OC2=O)c1. The van der Waals surface area contributed by atoms with E-state index in [1.807, 2.05) is 50.2 Å². The molecule has 4 rings (SSSR count). The Hall–Kier alpha value is -2.92. The van der Waals surface area contributed by atoms with E-state index in [-0.39, 0.29) is 11.3 Å². The van der Waals surface area contributed by atoms with Crippen LogP contribution in [0.15, 0.2) is 71.6 Å². The predicted octanol–water partition coefficient (Wildman–Crippen LogP) is 4.27. The van der Waals surface area contributed by atoms with Crippen LogP contribution >= 0.6 is 0 Å². The molecule has 0 amide bonds. The molecule has 0 saturated carbocycles. The van der Waals surface area contributed by atoms with E-state index in [0.717, 1.165) is 22.3 Å². The summed E-state index contributed by atoms with van der Waals surface area (Å²) < 4.78 is 32.4. The van der Waals surface area contributed by atoms with E-state index in [9.17, 15) is 13.2 Å². The average Bonchev–Trinajstić information content (AvgIpc) is 2.67. The molecule has 4 nitrogen and oxygen atoms in total. The van der Waals surface area contributed by atoms with Gasteiger partial charge in [0.2, 0.25) is 0 Å². The molecule has 28 heavy (non-hydrogen) atoms. The standard InChI is InChI=1S/C23H20O4S/c1-15-6-5-8-17(12-15)19-11-10-16(2)13-21(19)28(25,26)22-14-18-7-3-4-9-20(18)27-23(22)24/h3-13,22H,14H2,1-2H3. The van der Waals surface area contributed by atoms with E-state index in [1.165, 1.54) is 0 Å². The van der Waals surface area contributed by atoms with Crippen LogP contribution in [-0.4, -0.2) is 19.6 Å². The highest BCUT2D eigenvalue weighted by Gasteiger charge is 2.40. The monoisotopic (exact) mass is 392 g/mol. The third kappa shape index (κ3) is 3.22. The molecule has 0 spiro atoms. The van der Waals surface area contributed by atoms with Gasteiger partial charge in [0.25, 0.3) is 0 Å². The van der Waals surface area contributed by atoms with Crippen molar-refractivity contribution in [3.63, 3.8) is 0 Å². The number of esters is 1. The van der Waals surface area contributed by atoms with Crippen molar-refractivity contribution in [2.75, 3.05) is 0 Å². The number of ether oxygens (including phenoxy) is 1. The summed E-state index contributed by atoms with van der Waals surface area (Å²) in [5, 5.41) is -1.26. The van der Waals surface area contributed by atoms with Crippen LogP contribution in [0.4, 0.5) is 0 Å². The number of hydrogen-bond donors (Lipinski definition) is 0. The molecule has 0 radical (unpaired) electrons. The summed E-state index contributed by atoms with van der Waals surface area (Å²) in [6.45, 7) is 3.80. The van der Waals surface area contributed by atoms with Crippen LogP contribution in [0.2, 0.25) is 0 Å². The first-order valence-corrected chi connectivity index (χ1v) is 10.6. The summed E-state index contributed by atoms with van der Waals surface area (Å²) in [5.74, 6) is -0.294. The Morgan fingerprint density at radius 1 is 0.893 bits per heavy atom. The van der Waals surface area contributed by atoms with Crippen molar-refractivity contribution in [3.8, 4) is 16.9 Å². The lowest BCUT2D eigenvalue weighted by Gasteiger charge is -2.24. The van der Waals surface area contributed by atoms with E-state index in [2.05, 4.69) is 0 Å². The molecule has 5 heteroatoms. The first kappa shape index (κ1) is 18.4. The maximum absolute atomic E-state index is 13.5. The first-order chi connectivity index (χ1) is 13.4. The van der Waals surface area contributed by atoms with E-state index in [1.54, 1.807) is 30.3 Å². The van der Waals surface area contributed by atoms with Gasteiger partial charge in [0, 0.05) is 12.0 Å². The smallest absolute Gasteiger partial charge is 0.330 e. The average molecular weight is 392 g/mol. The van der Waals surface area contributed by atoms with Gasteiger partial charge < -0.3 is 4.74 Å². The lowest BCUT2D eigenvalue weighted by molar-refractivity contribution is -0.134. The highest BCUT2D eigenvalue weighted by Crippen LogP contribution is 2.35. The quantitative estimate of drug-likeness (QED) is 0.493. The minimum absolute atomic E-state index is 0.110. The molecule has 1 aliphatic rings. The second kappa shape index (κ2) is 6.91. The van der Waals surface area contributed by atoms with Crippen molar-refractivity contribution >= 4 is 15.8 Å². The van der Waals surface area contributed by atoms with Crippen LogP contribution in [0.3, 0.4) is 0 Å². The highest BCUT2D eigenvalue weighted by molar-refractivity contribution is 7.93. The van der Waals surface area contributed by atoms with E-state index in [0.29, 0.717) is 11.3 Å². The Balaban J connectivity index is 1.84. The number of sulfone groups is 1. The van der Waals surface area contributed by atoms with Crippen LogP contribution in [0.1, 0.15) is 16.7 Å². The highest BCUT2D eigenvalue weighted by atomic mass is 32.2. The third-order valence-electron chi connectivity index (χ3n) is 5.00. The van der Waals surface area contributed by atoms with Crippen LogP contribution in [0, 0.1) is 13.8 Å². The molecule has 0 aromatic heterocycles. The van der Waals surface area contributed by atoms with Gasteiger partial charge in [-0.3, -0.25) is 4.79 Å². The molecule has 0 bridgehead atoms. The Morgan fingerprint density at radius 3 is 2.43 bits per heavy atom. The zero-order valence-electron chi connectivity index (χ0n) is 15.7. The molecule has 1 aliphatic heterocycles. The van der Waals surface area contributed by atoms with Crippen LogP contribution in [-0.2, 0) is 21.1 Å². The minimum atomic E-state index is -3.94. The Bertz CT molecular complexity index is 1180. The molecule has 142 valence electrons. The molecule has 0 aliphatic carbocycles. The number of benzene rings is 3. The maximum Gasteiger partial charge on any atom is 0.330 e. The summed E-state index contributed by atoms with van der Waals surface area (Å²) in [4.78, 5) is 12.7. The van der Waals surface area contributed by atoms with Crippen LogP contribution < -0.4 is 4.74 Å². The molecule has 0 N–H and O–H groups in total. The normalized spacial score (nSPS) is 16.4. The number of hydrogen-bond acceptors (Lipinski definition) is 4. The zero-order valence-corrected chi connectivity index (χ0v) is 16.5. The van der Waals surface area contributed by atoms with Crippen molar-refractivity contribution in [1.82, 2.24) is 0 Å². The van der Waals surface area contributed by atoms with Crippen LogP contribution in [0.25, 0.3) is 11.1 Å². The number of carbonyl (C=O) groups is 1. The summed E-state index contributed by atoms with van der Waals surface area (Å²) in [5.41, 5.74) is 3.98. The van der Waals surface area contributed by atoms with Crippen molar-refractivity contribution in [1.29, 1.82) is 0 Å². The molecular formula is C23H20O4S. The molecule has 3 aromatic rings. The van der Waals surface area contributed by atoms with Gasteiger partial charge in [-0.25, -0.2) is 8.42 Å². The third-order valence-corrected chi connectivity index (χ3v) is 7.06. The fraction of sp³-hybridized carbons (Fsp3) is 0.174. The fourth-order valence-corrected chi connectivity index (χ4v) is 5.38. The van der Waals surface area contributed by atoms with Gasteiger partial charge in [0.05, 0.1) is 4.90 Å². The summed E-state index contributed by atoms with van der Waals surface area (Å²) in [6, 6.07) is 20.1. The van der Waals surface area contributed by atoms with E-state index in [4.69, 9.17) is 4.74 Å². The van der Waals surface area contributed by atoms with Crippen molar-refractivity contribution in [2.45, 2.75) is 30.4 Å². The second-order valence-electron chi connectivity index (χ2n) is 7.14. The molecule has 0 fully saturated rings. The fourth-order valence-electron chi connectivity index (χ4n) is 3.53. The number of fused-ring (bicyclic) bond motifs is 1. The Labute approximate surface area is 164 Å². The Morgan fingerprint density at radius 2 is 1.64 bits per heavy atom. The van der Waals surface area contributed by atoms with Crippen LogP contribution in [0.5, 0.6) is 5.75 Å². The topological polar surface area (TPSA) is 60.4 Å². The van der Waals surface area contributed by atoms with Gasteiger partial charge in [0.15, 0.2) is 15.1 Å². The van der Waals surface area contributed by atoms with Crippen molar-refractivity contribution in [3.05, 3.63) is 83.4 Å². The van der Waals surface area contributed by atoms with Gasteiger partial charge in [-0.1, -0.05) is 60.2 Å². The largest absolute Gasteiger partial charge is 0.425 e. The van der Waals surface area contributed by atoms with Gasteiger partial charge in [-0.2, -0.15) is 0 Å². The summed E-state index contributed by atoms with van der Waals surface area (Å²) >= 11 is 0. The predicted molar refractivity (Wildman–Crippen MR) is 108 cm³/mol. The lowest BCUT2D eigenvalue weighted by atomic mass is 10.0. The maximum atomic E-state index is 13.5. The molecule has 0 saturated heterocycles. The number of rotatable bonds is 3. The van der Waals surface area contributed by atoms with Gasteiger partial charge in [-0.05, 0) is 42.7 Å². The van der Waals surface area contributed by atoms with Crippen molar-refractivity contribution < 1.29 is 17.9 Å². The zero-order chi connectivity index (χ0) is 19.9. The van der Waals surface area contributed by atoms with E-state index >= 15 is 0 Å². The number of carbonyl (C=O) groups excluding carboxylic acids is 1. The minimum Gasteiger partial charge on any atom is -0.425 e. The molecular weight excluding hydrogens is 372 g/mol. The molecule has 3 aromatic carbocycles. The van der Waals surface area contributed by atoms with Gasteiger partial charge >= 0.3 is 5.97 Å². The number of aryl methyl sites for hydroxylation is 2. The first-order valence-electron chi connectivity index (χ1n) is 9.07. The Kier molecular flexibility index (Phi) is 4.55.